The molecule has 4 heterocycles. The van der Waals surface area contributed by atoms with Crippen LogP contribution in [0.5, 0.6) is 5.75 Å². The number of carbonyl (C=O) groups is 1. The summed E-state index contributed by atoms with van der Waals surface area (Å²) in [5, 5.41) is 9.49. The zero-order valence-electron chi connectivity index (χ0n) is 20.2. The standard InChI is InChI=1S/C25H28FN5O4/c1-13(2)24-27-14(3)9-19(28-24)29-5-7-30(8-6-29)21-18(26)10-16-20-23(21)35-12-15(4)31(20)11-17(22(16)32)25(33)34/h9-11,13,15H,5-8,12H2,1-4H3,(H,33,34)/t15-/m0/s1. The molecule has 0 spiro atoms. The van der Waals surface area contributed by atoms with Gasteiger partial charge in [0.05, 0.1) is 16.9 Å². The zero-order chi connectivity index (χ0) is 25.0. The molecular formula is C25H28FN5O4. The number of aryl methyl sites for hydroxylation is 1. The third kappa shape index (κ3) is 3.86. The maximum atomic E-state index is 15.5. The van der Waals surface area contributed by atoms with Gasteiger partial charge in [0.25, 0.3) is 0 Å². The van der Waals surface area contributed by atoms with Crippen molar-refractivity contribution in [1.82, 2.24) is 14.5 Å². The van der Waals surface area contributed by atoms with E-state index >= 15 is 4.39 Å². The van der Waals surface area contributed by atoms with Crippen LogP contribution in [0.25, 0.3) is 10.9 Å². The first-order chi connectivity index (χ1) is 16.7. The first-order valence-corrected chi connectivity index (χ1v) is 11.8. The first-order valence-electron chi connectivity index (χ1n) is 11.8. The number of piperazine rings is 1. The van der Waals surface area contributed by atoms with Gasteiger partial charge in [-0.3, -0.25) is 4.79 Å². The third-order valence-corrected chi connectivity index (χ3v) is 6.67. The summed E-state index contributed by atoms with van der Waals surface area (Å²) < 4.78 is 23.2. The van der Waals surface area contributed by atoms with Crippen molar-refractivity contribution in [2.75, 3.05) is 42.6 Å². The lowest BCUT2D eigenvalue weighted by Crippen LogP contribution is -2.47. The van der Waals surface area contributed by atoms with Gasteiger partial charge in [-0.1, -0.05) is 13.8 Å². The van der Waals surface area contributed by atoms with Gasteiger partial charge < -0.3 is 24.2 Å². The molecule has 2 aliphatic rings. The molecular weight excluding hydrogens is 453 g/mol. The van der Waals surface area contributed by atoms with Crippen LogP contribution in [0.15, 0.2) is 23.1 Å². The van der Waals surface area contributed by atoms with E-state index in [1.54, 1.807) is 4.57 Å². The Kier molecular flexibility index (Phi) is 5.61. The van der Waals surface area contributed by atoms with Crippen LogP contribution in [-0.2, 0) is 0 Å². The third-order valence-electron chi connectivity index (χ3n) is 6.67. The molecule has 35 heavy (non-hydrogen) atoms. The molecule has 1 fully saturated rings. The molecule has 1 atom stereocenters. The summed E-state index contributed by atoms with van der Waals surface area (Å²) in [5.74, 6) is 0.243. The maximum absolute atomic E-state index is 15.5. The van der Waals surface area contributed by atoms with Crippen molar-refractivity contribution in [3.63, 3.8) is 0 Å². The minimum Gasteiger partial charge on any atom is -0.487 e. The lowest BCUT2D eigenvalue weighted by atomic mass is 10.1. The Balaban J connectivity index is 1.52. The van der Waals surface area contributed by atoms with Gasteiger partial charge in [0.1, 0.15) is 29.5 Å². The van der Waals surface area contributed by atoms with Gasteiger partial charge in [0.2, 0.25) is 5.43 Å². The molecule has 0 bridgehead atoms. The minimum absolute atomic E-state index is 0.0176. The summed E-state index contributed by atoms with van der Waals surface area (Å²) in [6, 6.07) is 2.91. The average molecular weight is 482 g/mol. The molecule has 10 heteroatoms. The van der Waals surface area contributed by atoms with Crippen molar-refractivity contribution in [1.29, 1.82) is 0 Å². The Labute approximate surface area is 201 Å². The number of ether oxygens (including phenoxy) is 1. The minimum atomic E-state index is -1.33. The van der Waals surface area contributed by atoms with Gasteiger partial charge in [0, 0.05) is 50.1 Å². The van der Waals surface area contributed by atoms with Gasteiger partial charge in [0.15, 0.2) is 11.6 Å². The van der Waals surface area contributed by atoms with Crippen LogP contribution in [0.3, 0.4) is 0 Å². The highest BCUT2D eigenvalue weighted by molar-refractivity contribution is 5.97. The second kappa shape index (κ2) is 8.51. The van der Waals surface area contributed by atoms with E-state index in [1.165, 1.54) is 6.20 Å². The van der Waals surface area contributed by atoms with Gasteiger partial charge in [-0.05, 0) is 19.9 Å². The van der Waals surface area contributed by atoms with Crippen molar-refractivity contribution < 1.29 is 19.0 Å². The van der Waals surface area contributed by atoms with Crippen LogP contribution in [0.2, 0.25) is 0 Å². The number of nitrogens with zero attached hydrogens (tertiary/aromatic N) is 5. The summed E-state index contributed by atoms with van der Waals surface area (Å²) >= 11 is 0. The molecule has 3 aromatic rings. The smallest absolute Gasteiger partial charge is 0.341 e. The SMILES string of the molecule is Cc1cc(N2CCN(c3c(F)cc4c(=O)c(C(=O)O)cn5c4c3OC[C@@H]5C)CC2)nc(C(C)C)n1. The Bertz CT molecular complexity index is 1400. The highest BCUT2D eigenvalue weighted by atomic mass is 19.1. The largest absolute Gasteiger partial charge is 0.487 e. The Morgan fingerprint density at radius 1 is 1.17 bits per heavy atom. The number of aromatic carboxylic acids is 1. The van der Waals surface area contributed by atoms with E-state index < -0.39 is 17.2 Å². The second-order valence-corrected chi connectivity index (χ2v) is 9.53. The first kappa shape index (κ1) is 23.1. The monoisotopic (exact) mass is 481 g/mol. The van der Waals surface area contributed by atoms with Crippen LogP contribution in [0, 0.1) is 12.7 Å². The number of hydrogen-bond acceptors (Lipinski definition) is 7. The number of pyridine rings is 1. The van der Waals surface area contributed by atoms with Crippen molar-refractivity contribution in [3.05, 3.63) is 51.5 Å². The van der Waals surface area contributed by atoms with Crippen LogP contribution < -0.4 is 20.0 Å². The van der Waals surface area contributed by atoms with Gasteiger partial charge in [-0.25, -0.2) is 19.2 Å². The van der Waals surface area contributed by atoms with Gasteiger partial charge >= 0.3 is 5.97 Å². The molecule has 1 saturated heterocycles. The Hall–Kier alpha value is -3.69. The van der Waals surface area contributed by atoms with Crippen molar-refractivity contribution in [3.8, 4) is 5.75 Å². The van der Waals surface area contributed by atoms with Gasteiger partial charge in [-0.15, -0.1) is 0 Å². The Morgan fingerprint density at radius 3 is 2.51 bits per heavy atom. The van der Waals surface area contributed by atoms with Crippen LogP contribution >= 0.6 is 0 Å². The maximum Gasteiger partial charge on any atom is 0.341 e. The predicted molar refractivity (Wildman–Crippen MR) is 131 cm³/mol. The van der Waals surface area contributed by atoms with E-state index in [9.17, 15) is 14.7 Å². The second-order valence-electron chi connectivity index (χ2n) is 9.53. The number of rotatable bonds is 4. The molecule has 0 amide bonds. The number of carboxylic acids is 1. The lowest BCUT2D eigenvalue weighted by molar-refractivity contribution is 0.0694. The number of halogens is 1. The number of aromatic nitrogens is 3. The van der Waals surface area contributed by atoms with E-state index in [-0.39, 0.29) is 29.5 Å². The number of benzene rings is 1. The van der Waals surface area contributed by atoms with Crippen LogP contribution in [0.1, 0.15) is 54.6 Å². The summed E-state index contributed by atoms with van der Waals surface area (Å²) in [6.07, 6.45) is 1.34. The van der Waals surface area contributed by atoms with Crippen molar-refractivity contribution in [2.45, 2.75) is 39.7 Å². The van der Waals surface area contributed by atoms with E-state index in [4.69, 9.17) is 9.72 Å². The fraction of sp³-hybridized carbons (Fsp3) is 0.440. The molecule has 1 N–H and O–H groups in total. The van der Waals surface area contributed by atoms with Crippen LogP contribution in [-0.4, -0.2) is 58.4 Å². The number of hydrogen-bond donors (Lipinski definition) is 1. The summed E-state index contributed by atoms with van der Waals surface area (Å²) in [4.78, 5) is 37.8. The summed E-state index contributed by atoms with van der Waals surface area (Å²) in [7, 11) is 0. The quantitative estimate of drug-likeness (QED) is 0.606. The number of anilines is 2. The molecule has 2 aromatic heterocycles. The van der Waals surface area contributed by atoms with Crippen LogP contribution in [0.4, 0.5) is 15.9 Å². The molecule has 2 aliphatic heterocycles. The van der Waals surface area contributed by atoms with Crippen molar-refractivity contribution >= 4 is 28.4 Å². The predicted octanol–water partition coefficient (Wildman–Crippen LogP) is 3.34. The lowest BCUT2D eigenvalue weighted by Gasteiger charge is -2.38. The van der Waals surface area contributed by atoms with E-state index in [0.717, 1.165) is 23.4 Å². The molecule has 9 nitrogen and oxygen atoms in total. The van der Waals surface area contributed by atoms with Gasteiger partial charge in [-0.2, -0.15) is 0 Å². The van der Waals surface area contributed by atoms with E-state index in [0.29, 0.717) is 43.1 Å². The van der Waals surface area contributed by atoms with Crippen molar-refractivity contribution in [2.24, 2.45) is 0 Å². The molecule has 0 unspecified atom stereocenters. The zero-order valence-corrected chi connectivity index (χ0v) is 20.2. The molecule has 0 radical (unpaired) electrons. The highest BCUT2D eigenvalue weighted by Crippen LogP contribution is 2.42. The molecule has 0 aliphatic carbocycles. The fourth-order valence-corrected chi connectivity index (χ4v) is 4.81. The summed E-state index contributed by atoms with van der Waals surface area (Å²) in [6.45, 7) is 10.5. The Morgan fingerprint density at radius 2 is 1.86 bits per heavy atom. The topological polar surface area (TPSA) is 101 Å². The number of carboxylic acid groups (broad SMARTS) is 1. The normalized spacial score (nSPS) is 17.7. The van der Waals surface area contributed by atoms with E-state index in [1.807, 2.05) is 24.8 Å². The highest BCUT2D eigenvalue weighted by Gasteiger charge is 2.31. The molecule has 1 aromatic carbocycles. The van der Waals surface area contributed by atoms with E-state index in [2.05, 4.69) is 23.7 Å². The average Bonchev–Trinajstić information content (AvgIpc) is 2.82. The molecule has 5 rings (SSSR count). The molecule has 184 valence electrons. The molecule has 0 saturated carbocycles. The fourth-order valence-electron chi connectivity index (χ4n) is 4.81. The summed E-state index contributed by atoms with van der Waals surface area (Å²) in [5.41, 5.74) is 0.567.